The van der Waals surface area contributed by atoms with Crippen LogP contribution in [0.3, 0.4) is 0 Å². The number of allylic oxidation sites excluding steroid dienone is 1. The van der Waals surface area contributed by atoms with Gasteiger partial charge in [0.25, 0.3) is 0 Å². The number of rotatable bonds is 2. The molecule has 2 N–H and O–H groups in total. The van der Waals surface area contributed by atoms with Crippen LogP contribution in [0.2, 0.25) is 5.28 Å². The number of nitrogens with zero attached hydrogens (tertiary/aromatic N) is 2. The average molecular weight is 204 g/mol. The predicted molar refractivity (Wildman–Crippen MR) is 51.2 cm³/mol. The van der Waals surface area contributed by atoms with Crippen LogP contribution in [0, 0.1) is 0 Å². The Morgan fingerprint density at radius 3 is 2.92 bits per heavy atom. The number of anilines is 1. The molecule has 0 aliphatic carbocycles. The Kier molecular flexibility index (Phi) is 3.31. The number of nitrogen functional groups attached to an aromatic ring is 1. The van der Waals surface area contributed by atoms with E-state index in [4.69, 9.17) is 28.9 Å². The van der Waals surface area contributed by atoms with E-state index in [2.05, 4.69) is 9.97 Å². The molecule has 0 bridgehead atoms. The van der Waals surface area contributed by atoms with Crippen molar-refractivity contribution in [2.24, 2.45) is 0 Å². The number of hydrogen-bond donors (Lipinski definition) is 1. The van der Waals surface area contributed by atoms with Gasteiger partial charge >= 0.3 is 0 Å². The Hall–Kier alpha value is -0.800. The van der Waals surface area contributed by atoms with Crippen molar-refractivity contribution in [1.82, 2.24) is 9.97 Å². The molecular formula is C7H7Cl2N3. The Balaban J connectivity index is 2.94. The highest BCUT2D eigenvalue weighted by atomic mass is 35.5. The molecule has 0 amide bonds. The summed E-state index contributed by atoms with van der Waals surface area (Å²) in [7, 11) is 0. The van der Waals surface area contributed by atoms with Gasteiger partial charge in [0.1, 0.15) is 5.82 Å². The molecule has 64 valence electrons. The van der Waals surface area contributed by atoms with Crippen molar-refractivity contribution in [3.05, 3.63) is 23.1 Å². The lowest BCUT2D eigenvalue weighted by Crippen LogP contribution is -1.95. The van der Waals surface area contributed by atoms with Gasteiger partial charge in [-0.2, -0.15) is 0 Å². The molecule has 0 spiro atoms. The summed E-state index contributed by atoms with van der Waals surface area (Å²) in [4.78, 5) is 7.54. The van der Waals surface area contributed by atoms with Crippen LogP contribution in [0.5, 0.6) is 0 Å². The summed E-state index contributed by atoms with van der Waals surface area (Å²) in [5, 5.41) is 0.149. The van der Waals surface area contributed by atoms with Gasteiger partial charge in [-0.25, -0.2) is 9.97 Å². The van der Waals surface area contributed by atoms with Crippen molar-refractivity contribution in [2.45, 2.75) is 0 Å². The summed E-state index contributed by atoms with van der Waals surface area (Å²) in [5.41, 5.74) is 6.25. The molecular weight excluding hydrogens is 197 g/mol. The van der Waals surface area contributed by atoms with E-state index in [0.29, 0.717) is 11.7 Å². The lowest BCUT2D eigenvalue weighted by molar-refractivity contribution is 1.17. The minimum absolute atomic E-state index is 0.149. The third kappa shape index (κ3) is 2.36. The van der Waals surface area contributed by atoms with Gasteiger partial charge in [-0.15, -0.1) is 11.6 Å². The van der Waals surface area contributed by atoms with Crippen LogP contribution < -0.4 is 5.73 Å². The predicted octanol–water partition coefficient (Wildman–Crippen LogP) is 1.96. The second-order valence-electron chi connectivity index (χ2n) is 2.04. The summed E-state index contributed by atoms with van der Waals surface area (Å²) in [6, 6.07) is 0. The molecule has 1 aromatic heterocycles. The first-order valence-corrected chi connectivity index (χ1v) is 4.16. The zero-order valence-corrected chi connectivity index (χ0v) is 7.68. The first-order valence-electron chi connectivity index (χ1n) is 3.24. The van der Waals surface area contributed by atoms with E-state index >= 15 is 0 Å². The van der Waals surface area contributed by atoms with Crippen molar-refractivity contribution in [2.75, 3.05) is 11.6 Å². The zero-order chi connectivity index (χ0) is 8.97. The molecule has 1 rings (SSSR count). The smallest absolute Gasteiger partial charge is 0.224 e. The van der Waals surface area contributed by atoms with E-state index in [1.807, 2.05) is 0 Å². The van der Waals surface area contributed by atoms with Gasteiger partial charge in [0, 0.05) is 17.6 Å². The zero-order valence-electron chi connectivity index (χ0n) is 6.17. The summed E-state index contributed by atoms with van der Waals surface area (Å²) in [5.74, 6) is 0.790. The molecule has 0 fully saturated rings. The molecule has 0 aliphatic heterocycles. The Morgan fingerprint density at radius 2 is 2.33 bits per heavy atom. The first-order chi connectivity index (χ1) is 5.74. The highest BCUT2D eigenvalue weighted by molar-refractivity contribution is 6.28. The van der Waals surface area contributed by atoms with Crippen molar-refractivity contribution < 1.29 is 0 Å². The standard InChI is InChI=1S/C7H7Cl2N3/c8-3-1-2-5-4-11-7(9)12-6(5)10/h1-2,4H,3H2,(H2,10,11,12). The number of halogens is 2. The largest absolute Gasteiger partial charge is 0.383 e. The number of nitrogens with two attached hydrogens (primary N) is 1. The summed E-state index contributed by atoms with van der Waals surface area (Å²) < 4.78 is 0. The minimum Gasteiger partial charge on any atom is -0.383 e. The Bertz CT molecular complexity index is 299. The molecule has 12 heavy (non-hydrogen) atoms. The van der Waals surface area contributed by atoms with Crippen LogP contribution >= 0.6 is 23.2 Å². The second-order valence-corrected chi connectivity index (χ2v) is 2.68. The number of alkyl halides is 1. The van der Waals surface area contributed by atoms with Crippen molar-refractivity contribution >= 4 is 35.1 Å². The van der Waals surface area contributed by atoms with Gasteiger partial charge in [0.05, 0.1) is 0 Å². The van der Waals surface area contributed by atoms with Gasteiger partial charge in [0.15, 0.2) is 0 Å². The molecule has 0 unspecified atom stereocenters. The second kappa shape index (κ2) is 4.28. The van der Waals surface area contributed by atoms with E-state index in [9.17, 15) is 0 Å². The molecule has 3 nitrogen and oxygen atoms in total. The maximum atomic E-state index is 5.53. The van der Waals surface area contributed by atoms with Crippen molar-refractivity contribution in [1.29, 1.82) is 0 Å². The fourth-order valence-electron chi connectivity index (χ4n) is 0.682. The molecule has 0 saturated carbocycles. The van der Waals surface area contributed by atoms with Gasteiger partial charge in [-0.1, -0.05) is 12.2 Å². The molecule has 1 aromatic rings. The summed E-state index contributed by atoms with van der Waals surface area (Å²) in [6.45, 7) is 0. The van der Waals surface area contributed by atoms with Gasteiger partial charge in [-0.05, 0) is 11.6 Å². The van der Waals surface area contributed by atoms with Gasteiger partial charge in [-0.3, -0.25) is 0 Å². The van der Waals surface area contributed by atoms with Crippen LogP contribution in [0.15, 0.2) is 12.3 Å². The van der Waals surface area contributed by atoms with E-state index < -0.39 is 0 Å². The quantitative estimate of drug-likeness (QED) is 0.591. The van der Waals surface area contributed by atoms with Crippen LogP contribution in [0.4, 0.5) is 5.82 Å². The maximum absolute atomic E-state index is 5.53. The lowest BCUT2D eigenvalue weighted by atomic mass is 10.3. The summed E-state index contributed by atoms with van der Waals surface area (Å²) >= 11 is 10.9. The first kappa shape index (κ1) is 9.29. The third-order valence-corrected chi connectivity index (χ3v) is 1.57. The van der Waals surface area contributed by atoms with E-state index in [1.165, 1.54) is 0 Å². The molecule has 0 saturated heterocycles. The van der Waals surface area contributed by atoms with E-state index in [0.717, 1.165) is 5.56 Å². The minimum atomic E-state index is 0.149. The van der Waals surface area contributed by atoms with Crippen LogP contribution in [0.1, 0.15) is 5.56 Å². The van der Waals surface area contributed by atoms with E-state index in [-0.39, 0.29) is 5.28 Å². The van der Waals surface area contributed by atoms with E-state index in [1.54, 1.807) is 18.3 Å². The lowest BCUT2D eigenvalue weighted by Gasteiger charge is -1.97. The Morgan fingerprint density at radius 1 is 1.58 bits per heavy atom. The third-order valence-electron chi connectivity index (χ3n) is 1.21. The molecule has 0 atom stereocenters. The topological polar surface area (TPSA) is 51.8 Å². The summed E-state index contributed by atoms with van der Waals surface area (Å²) in [6.07, 6.45) is 5.05. The van der Waals surface area contributed by atoms with Crippen molar-refractivity contribution in [3.8, 4) is 0 Å². The fraction of sp³-hybridized carbons (Fsp3) is 0.143. The molecule has 5 heteroatoms. The molecule has 0 aliphatic rings. The highest BCUT2D eigenvalue weighted by Crippen LogP contribution is 2.11. The Labute approximate surface area is 80.2 Å². The molecule has 0 aromatic carbocycles. The fourth-order valence-corrected chi connectivity index (χ4v) is 0.911. The van der Waals surface area contributed by atoms with Crippen LogP contribution in [-0.2, 0) is 0 Å². The van der Waals surface area contributed by atoms with Gasteiger partial charge in [0.2, 0.25) is 5.28 Å². The number of hydrogen-bond acceptors (Lipinski definition) is 3. The molecule has 1 heterocycles. The highest BCUT2D eigenvalue weighted by Gasteiger charge is 1.97. The number of aromatic nitrogens is 2. The van der Waals surface area contributed by atoms with Crippen LogP contribution in [-0.4, -0.2) is 15.8 Å². The average Bonchev–Trinajstić information content (AvgIpc) is 2.03. The maximum Gasteiger partial charge on any atom is 0.224 e. The monoisotopic (exact) mass is 203 g/mol. The van der Waals surface area contributed by atoms with Crippen molar-refractivity contribution in [3.63, 3.8) is 0 Å². The normalized spacial score (nSPS) is 10.8. The SMILES string of the molecule is Nc1nc(Cl)ncc1C=CCCl. The van der Waals surface area contributed by atoms with Crippen LogP contribution in [0.25, 0.3) is 6.08 Å². The molecule has 0 radical (unpaired) electrons. The van der Waals surface area contributed by atoms with Gasteiger partial charge < -0.3 is 5.73 Å².